The molecule has 0 aromatic heterocycles. The molecule has 0 aliphatic carbocycles. The summed E-state index contributed by atoms with van der Waals surface area (Å²) in [4.78, 5) is 10.3. The zero-order valence-corrected chi connectivity index (χ0v) is 10.6. The van der Waals surface area contributed by atoms with Gasteiger partial charge in [0.25, 0.3) is 0 Å². The minimum atomic E-state index is -3.18. The van der Waals surface area contributed by atoms with Crippen LogP contribution in [0.3, 0.4) is 0 Å². The Morgan fingerprint density at radius 3 is 2.19 bits per heavy atom. The average Bonchev–Trinajstić information content (AvgIpc) is 2.24. The summed E-state index contributed by atoms with van der Waals surface area (Å²) in [7, 11) is -3.18. The van der Waals surface area contributed by atoms with Gasteiger partial charge in [-0.25, -0.2) is 0 Å². The van der Waals surface area contributed by atoms with E-state index in [9.17, 15) is 4.89 Å². The van der Waals surface area contributed by atoms with E-state index >= 15 is 0 Å². The van der Waals surface area contributed by atoms with E-state index in [1.165, 1.54) is 0 Å². The third kappa shape index (κ3) is 2.36. The average molecular weight is 243 g/mol. The molecule has 0 amide bonds. The van der Waals surface area contributed by atoms with Gasteiger partial charge >= 0.3 is 95.4 Å². The molecule has 1 saturated heterocycles. The summed E-state index contributed by atoms with van der Waals surface area (Å²) < 4.78 is 11.1. The fourth-order valence-electron chi connectivity index (χ4n) is 1.53. The van der Waals surface area contributed by atoms with Gasteiger partial charge < -0.3 is 0 Å². The maximum atomic E-state index is 10.3. The SMILES string of the molecule is CC1(C)CO[PH](O)(c2ccc(N)cc2)OC1. The zero-order chi connectivity index (χ0) is 11.8. The number of hydrogen-bond donors (Lipinski definition) is 2. The maximum absolute atomic E-state index is 10.3. The van der Waals surface area contributed by atoms with Crippen molar-refractivity contribution in [1.82, 2.24) is 0 Å². The first-order valence-corrected chi connectivity index (χ1v) is 7.04. The topological polar surface area (TPSA) is 64.7 Å². The standard InChI is InChI=1S/C11H18NO3P/c1-11(2)7-14-16(13,15-8-11)10-5-3-9(12)4-6-10/h3-6,13,16H,7-8,12H2,1-2H3. The predicted molar refractivity (Wildman–Crippen MR) is 66.7 cm³/mol. The molecule has 0 unspecified atom stereocenters. The van der Waals surface area contributed by atoms with Gasteiger partial charge in [0, 0.05) is 0 Å². The van der Waals surface area contributed by atoms with E-state index < -0.39 is 7.94 Å². The van der Waals surface area contributed by atoms with Crippen molar-refractivity contribution < 1.29 is 13.9 Å². The normalized spacial score (nSPS) is 24.9. The van der Waals surface area contributed by atoms with E-state index in [0.717, 1.165) is 0 Å². The van der Waals surface area contributed by atoms with Crippen LogP contribution in [-0.2, 0) is 9.05 Å². The second-order valence-electron chi connectivity index (χ2n) is 4.95. The fraction of sp³-hybridized carbons (Fsp3) is 0.455. The van der Waals surface area contributed by atoms with Crippen molar-refractivity contribution in [3.63, 3.8) is 0 Å². The molecule has 16 heavy (non-hydrogen) atoms. The second-order valence-corrected chi connectivity index (χ2v) is 7.26. The van der Waals surface area contributed by atoms with Crippen LogP contribution in [0.2, 0.25) is 0 Å². The second kappa shape index (κ2) is 3.97. The van der Waals surface area contributed by atoms with E-state index in [1.807, 2.05) is 13.8 Å². The molecule has 4 nitrogen and oxygen atoms in total. The predicted octanol–water partition coefficient (Wildman–Crippen LogP) is 1.45. The number of hydrogen-bond acceptors (Lipinski definition) is 4. The van der Waals surface area contributed by atoms with Crippen LogP contribution in [0.1, 0.15) is 13.8 Å². The van der Waals surface area contributed by atoms with Crippen LogP contribution in [-0.4, -0.2) is 18.1 Å². The van der Waals surface area contributed by atoms with Gasteiger partial charge in [0.15, 0.2) is 0 Å². The van der Waals surface area contributed by atoms with Crippen LogP contribution in [0.4, 0.5) is 5.69 Å². The van der Waals surface area contributed by atoms with Gasteiger partial charge in [-0.3, -0.25) is 0 Å². The van der Waals surface area contributed by atoms with Gasteiger partial charge in [-0.2, -0.15) is 0 Å². The molecule has 0 bridgehead atoms. The Bertz CT molecular complexity index is 367. The molecule has 5 heteroatoms. The molecule has 0 atom stereocenters. The Balaban J connectivity index is 2.18. The van der Waals surface area contributed by atoms with Crippen LogP contribution >= 0.6 is 7.94 Å². The van der Waals surface area contributed by atoms with Crippen molar-refractivity contribution >= 4 is 18.9 Å². The van der Waals surface area contributed by atoms with Crippen molar-refractivity contribution in [2.75, 3.05) is 18.9 Å². The Kier molecular flexibility index (Phi) is 2.93. The number of nitrogens with two attached hydrogens (primary N) is 1. The van der Waals surface area contributed by atoms with Crippen LogP contribution in [0.5, 0.6) is 0 Å². The first kappa shape index (κ1) is 11.8. The Hall–Kier alpha value is -0.670. The van der Waals surface area contributed by atoms with Crippen LogP contribution in [0.15, 0.2) is 24.3 Å². The molecule has 90 valence electrons. The molecular weight excluding hydrogens is 225 g/mol. The summed E-state index contributed by atoms with van der Waals surface area (Å²) in [6.45, 7) is 5.12. The molecular formula is C11H18NO3P. The van der Waals surface area contributed by atoms with Gasteiger partial charge in [-0.15, -0.1) is 0 Å². The van der Waals surface area contributed by atoms with E-state index in [2.05, 4.69) is 0 Å². The molecule has 1 aliphatic heterocycles. The molecule has 1 heterocycles. The van der Waals surface area contributed by atoms with Crippen molar-refractivity contribution in [3.05, 3.63) is 24.3 Å². The molecule has 0 saturated carbocycles. The third-order valence-electron chi connectivity index (χ3n) is 2.59. The van der Waals surface area contributed by atoms with E-state index in [-0.39, 0.29) is 5.41 Å². The molecule has 1 aromatic carbocycles. The number of anilines is 1. The Morgan fingerprint density at radius 1 is 1.19 bits per heavy atom. The molecule has 2 rings (SSSR count). The van der Waals surface area contributed by atoms with Crippen molar-refractivity contribution in [1.29, 1.82) is 0 Å². The first-order chi connectivity index (χ1) is 7.41. The van der Waals surface area contributed by atoms with Gasteiger partial charge in [0.05, 0.1) is 0 Å². The molecule has 0 spiro atoms. The quantitative estimate of drug-likeness (QED) is 0.579. The number of nitrogen functional groups attached to an aromatic ring is 1. The van der Waals surface area contributed by atoms with Crippen LogP contribution in [0, 0.1) is 5.41 Å². The summed E-state index contributed by atoms with van der Waals surface area (Å²) in [5.74, 6) is 0. The third-order valence-corrected chi connectivity index (χ3v) is 4.73. The van der Waals surface area contributed by atoms with Crippen molar-refractivity contribution in [3.8, 4) is 0 Å². The fourth-order valence-corrected chi connectivity index (χ4v) is 3.71. The summed E-state index contributed by atoms with van der Waals surface area (Å²) in [5.41, 5.74) is 6.22. The monoisotopic (exact) mass is 243 g/mol. The van der Waals surface area contributed by atoms with E-state index in [0.29, 0.717) is 24.2 Å². The summed E-state index contributed by atoms with van der Waals surface area (Å²) in [5, 5.41) is 0.706. The number of rotatable bonds is 1. The Labute approximate surface area is 96.0 Å². The molecule has 1 aromatic rings. The van der Waals surface area contributed by atoms with Crippen molar-refractivity contribution in [2.45, 2.75) is 13.8 Å². The first-order valence-electron chi connectivity index (χ1n) is 5.28. The van der Waals surface area contributed by atoms with Crippen LogP contribution in [0.25, 0.3) is 0 Å². The number of benzene rings is 1. The van der Waals surface area contributed by atoms with Crippen molar-refractivity contribution in [2.24, 2.45) is 5.41 Å². The van der Waals surface area contributed by atoms with Crippen LogP contribution < -0.4 is 11.0 Å². The summed E-state index contributed by atoms with van der Waals surface area (Å²) in [6, 6.07) is 7.01. The molecule has 1 aliphatic rings. The zero-order valence-electron chi connectivity index (χ0n) is 9.56. The molecule has 3 N–H and O–H groups in total. The molecule has 0 radical (unpaired) electrons. The van der Waals surface area contributed by atoms with Gasteiger partial charge in [-0.1, -0.05) is 0 Å². The van der Waals surface area contributed by atoms with Gasteiger partial charge in [0.2, 0.25) is 0 Å². The van der Waals surface area contributed by atoms with E-state index in [4.69, 9.17) is 14.8 Å². The Morgan fingerprint density at radius 2 is 1.69 bits per heavy atom. The van der Waals surface area contributed by atoms with Gasteiger partial charge in [0.1, 0.15) is 0 Å². The molecule has 1 fully saturated rings. The summed E-state index contributed by atoms with van der Waals surface area (Å²) in [6.07, 6.45) is 0. The minimum absolute atomic E-state index is 0.0347. The van der Waals surface area contributed by atoms with Gasteiger partial charge in [-0.05, 0) is 0 Å². The van der Waals surface area contributed by atoms with E-state index in [1.54, 1.807) is 24.3 Å². The summed E-state index contributed by atoms with van der Waals surface area (Å²) >= 11 is 0.